The third-order valence-corrected chi connectivity index (χ3v) is 2.61. The fourth-order valence-electron chi connectivity index (χ4n) is 1.46. The summed E-state index contributed by atoms with van der Waals surface area (Å²) in [4.78, 5) is 11.0. The first-order valence-corrected chi connectivity index (χ1v) is 5.20. The van der Waals surface area contributed by atoms with E-state index in [-0.39, 0.29) is 5.57 Å². The lowest BCUT2D eigenvalue weighted by Gasteiger charge is -2.30. The van der Waals surface area contributed by atoms with E-state index in [1.807, 2.05) is 0 Å². The Bertz CT molecular complexity index is 421. The molecule has 0 radical (unpaired) electrons. The summed E-state index contributed by atoms with van der Waals surface area (Å²) >= 11 is 0. The van der Waals surface area contributed by atoms with E-state index in [2.05, 4.69) is 16.1 Å². The predicted octanol–water partition coefficient (Wildman–Crippen LogP) is 0.752. The second kappa shape index (κ2) is 4.93. The zero-order valence-corrected chi connectivity index (χ0v) is 10.1. The maximum Gasteiger partial charge on any atom is 0.449 e. The van der Waals surface area contributed by atoms with E-state index in [9.17, 15) is 26.7 Å². The summed E-state index contributed by atoms with van der Waals surface area (Å²) < 4.78 is 72.0. The Morgan fingerprint density at radius 2 is 1.95 bits per heavy atom. The van der Waals surface area contributed by atoms with Gasteiger partial charge >= 0.3 is 23.9 Å². The Morgan fingerprint density at radius 1 is 1.45 bits per heavy atom. The van der Waals surface area contributed by atoms with Crippen LogP contribution >= 0.6 is 0 Å². The second-order valence-corrected chi connectivity index (χ2v) is 4.24. The van der Waals surface area contributed by atoms with Gasteiger partial charge in [-0.2, -0.15) is 22.0 Å². The average Bonchev–Trinajstić information content (AvgIpc) is 2.47. The number of alkyl halides is 5. The lowest BCUT2D eigenvalue weighted by Crippen LogP contribution is -2.59. The van der Waals surface area contributed by atoms with Gasteiger partial charge in [0.05, 0.1) is 0 Å². The van der Waals surface area contributed by atoms with Crippen molar-refractivity contribution in [2.45, 2.75) is 37.0 Å². The lowest BCUT2D eigenvalue weighted by atomic mass is 10.0. The summed E-state index contributed by atoms with van der Waals surface area (Å²) in [6.07, 6.45) is -11.1. The molecule has 3 atom stereocenters. The van der Waals surface area contributed by atoms with Crippen LogP contribution in [0.25, 0.3) is 0 Å². The van der Waals surface area contributed by atoms with Gasteiger partial charge in [0.25, 0.3) is 0 Å². The first-order chi connectivity index (χ1) is 8.84. The average molecular weight is 306 g/mol. The predicted molar refractivity (Wildman–Crippen MR) is 52.6 cm³/mol. The summed E-state index contributed by atoms with van der Waals surface area (Å²) in [5.74, 6) is -10.9. The van der Waals surface area contributed by atoms with Gasteiger partial charge in [0, 0.05) is 5.57 Å². The van der Waals surface area contributed by atoms with Crippen molar-refractivity contribution in [2.24, 2.45) is 0 Å². The van der Waals surface area contributed by atoms with Crippen LogP contribution in [0.3, 0.4) is 0 Å². The van der Waals surface area contributed by atoms with Gasteiger partial charge in [-0.25, -0.2) is 4.79 Å². The van der Waals surface area contributed by atoms with Crippen LogP contribution in [0.15, 0.2) is 12.2 Å². The Labute approximate surface area is 109 Å². The van der Waals surface area contributed by atoms with Crippen LogP contribution in [0.4, 0.5) is 22.0 Å². The van der Waals surface area contributed by atoms with Crippen LogP contribution in [-0.2, 0) is 14.3 Å². The van der Waals surface area contributed by atoms with E-state index >= 15 is 0 Å². The number of esters is 1. The van der Waals surface area contributed by atoms with E-state index in [0.29, 0.717) is 0 Å². The third-order valence-electron chi connectivity index (χ3n) is 2.61. The van der Waals surface area contributed by atoms with Gasteiger partial charge in [-0.05, 0) is 6.92 Å². The third kappa shape index (κ3) is 2.50. The number of hydrogen-bond acceptors (Lipinski definition) is 5. The van der Waals surface area contributed by atoms with Crippen molar-refractivity contribution >= 4 is 5.97 Å². The summed E-state index contributed by atoms with van der Waals surface area (Å²) in [5.41, 5.74) is -0.129. The SMILES string of the molecule is C=C(C)C(=O)OCC1OC(O)(C(F)(F)F)C(F)(F)C1O. The molecule has 0 saturated carbocycles. The molecule has 1 heterocycles. The second-order valence-electron chi connectivity index (χ2n) is 4.24. The van der Waals surface area contributed by atoms with Crippen molar-refractivity contribution in [3.8, 4) is 0 Å². The normalized spacial score (nSPS) is 33.0. The molecule has 1 saturated heterocycles. The summed E-state index contributed by atoms with van der Waals surface area (Å²) in [5, 5.41) is 18.1. The number of halogens is 5. The molecule has 2 N–H and O–H groups in total. The Kier molecular flexibility index (Phi) is 4.14. The highest BCUT2D eigenvalue weighted by Crippen LogP contribution is 2.51. The molecule has 20 heavy (non-hydrogen) atoms. The van der Waals surface area contributed by atoms with Gasteiger partial charge in [0.15, 0.2) is 6.10 Å². The Balaban J connectivity index is 2.89. The first kappa shape index (κ1) is 16.8. The molecule has 5 nitrogen and oxygen atoms in total. The highest BCUT2D eigenvalue weighted by atomic mass is 19.4. The molecule has 1 rings (SSSR count). The fraction of sp³-hybridized carbons (Fsp3) is 0.700. The van der Waals surface area contributed by atoms with Crippen LogP contribution in [0.5, 0.6) is 0 Å². The molecule has 0 aromatic carbocycles. The Morgan fingerprint density at radius 3 is 2.30 bits per heavy atom. The number of hydrogen-bond donors (Lipinski definition) is 2. The van der Waals surface area contributed by atoms with Gasteiger partial charge in [-0.15, -0.1) is 0 Å². The van der Waals surface area contributed by atoms with Gasteiger partial charge in [0.1, 0.15) is 12.7 Å². The standard InChI is InChI=1S/C10H11F5O5/c1-4(2)7(17)19-3-5-6(16)8(11,12)9(18,20-5)10(13,14)15/h5-6,16,18H,1,3H2,2H3. The lowest BCUT2D eigenvalue weighted by molar-refractivity contribution is -0.409. The molecule has 1 fully saturated rings. The molecule has 0 bridgehead atoms. The Hall–Kier alpha value is -1.26. The van der Waals surface area contributed by atoms with Crippen molar-refractivity contribution in [1.82, 2.24) is 0 Å². The zero-order valence-electron chi connectivity index (χ0n) is 10.1. The quantitative estimate of drug-likeness (QED) is 0.457. The van der Waals surface area contributed by atoms with Crippen LogP contribution in [0, 0.1) is 0 Å². The van der Waals surface area contributed by atoms with Crippen LogP contribution in [0.1, 0.15) is 6.92 Å². The zero-order chi connectivity index (χ0) is 15.9. The number of aliphatic hydroxyl groups excluding tert-OH is 1. The van der Waals surface area contributed by atoms with E-state index < -0.39 is 42.7 Å². The molecule has 1 aliphatic rings. The van der Waals surface area contributed by atoms with Gasteiger partial charge in [0.2, 0.25) is 0 Å². The van der Waals surface area contributed by atoms with Crippen molar-refractivity contribution in [3.63, 3.8) is 0 Å². The molecule has 116 valence electrons. The van der Waals surface area contributed by atoms with Gasteiger partial charge in [-0.1, -0.05) is 6.58 Å². The van der Waals surface area contributed by atoms with Crippen molar-refractivity contribution < 1.29 is 46.4 Å². The highest BCUT2D eigenvalue weighted by Gasteiger charge is 2.79. The van der Waals surface area contributed by atoms with Crippen LogP contribution < -0.4 is 0 Å². The fourth-order valence-corrected chi connectivity index (χ4v) is 1.46. The largest absolute Gasteiger partial charge is 0.459 e. The number of aliphatic hydroxyl groups is 2. The minimum absolute atomic E-state index is 0.129. The van der Waals surface area contributed by atoms with Crippen molar-refractivity contribution in [3.05, 3.63) is 12.2 Å². The first-order valence-electron chi connectivity index (χ1n) is 5.20. The highest BCUT2D eigenvalue weighted by molar-refractivity contribution is 5.86. The van der Waals surface area contributed by atoms with E-state index in [0.717, 1.165) is 0 Å². The molecule has 10 heteroatoms. The number of rotatable bonds is 3. The smallest absolute Gasteiger partial charge is 0.449 e. The number of ether oxygens (including phenoxy) is 2. The van der Waals surface area contributed by atoms with E-state index in [4.69, 9.17) is 10.2 Å². The van der Waals surface area contributed by atoms with Gasteiger partial charge in [-0.3, -0.25) is 0 Å². The van der Waals surface area contributed by atoms with Crippen molar-refractivity contribution in [1.29, 1.82) is 0 Å². The molecule has 0 aromatic rings. The maximum atomic E-state index is 13.3. The topological polar surface area (TPSA) is 76.0 Å². The van der Waals surface area contributed by atoms with Crippen LogP contribution in [0.2, 0.25) is 0 Å². The molecular formula is C10H11F5O5. The number of carbonyl (C=O) groups excluding carboxylic acids is 1. The molecule has 0 amide bonds. The van der Waals surface area contributed by atoms with Crippen LogP contribution in [-0.4, -0.2) is 52.9 Å². The molecular weight excluding hydrogens is 295 g/mol. The van der Waals surface area contributed by atoms with E-state index in [1.54, 1.807) is 0 Å². The maximum absolute atomic E-state index is 13.3. The number of carbonyl (C=O) groups is 1. The molecule has 0 spiro atoms. The van der Waals surface area contributed by atoms with Crippen molar-refractivity contribution in [2.75, 3.05) is 6.61 Å². The minimum Gasteiger partial charge on any atom is -0.459 e. The summed E-state index contributed by atoms with van der Waals surface area (Å²) in [7, 11) is 0. The van der Waals surface area contributed by atoms with Gasteiger partial charge < -0.3 is 19.7 Å². The summed E-state index contributed by atoms with van der Waals surface area (Å²) in [6.45, 7) is 3.28. The molecule has 1 aliphatic heterocycles. The molecule has 0 aliphatic carbocycles. The monoisotopic (exact) mass is 306 g/mol. The molecule has 0 aromatic heterocycles. The summed E-state index contributed by atoms with van der Waals surface area (Å²) in [6, 6.07) is 0. The minimum atomic E-state index is -5.84. The van der Waals surface area contributed by atoms with E-state index in [1.165, 1.54) is 6.92 Å². The molecule has 3 unspecified atom stereocenters.